The van der Waals surface area contributed by atoms with Crippen molar-refractivity contribution in [2.75, 3.05) is 19.7 Å². The fourth-order valence-electron chi connectivity index (χ4n) is 1.25. The minimum Gasteiger partial charge on any atom is -0.396 e. The Bertz CT molecular complexity index is 87.1. The van der Waals surface area contributed by atoms with Crippen LogP contribution < -0.4 is 5.84 Å². The van der Waals surface area contributed by atoms with Crippen molar-refractivity contribution in [3.63, 3.8) is 0 Å². The molecule has 0 bridgehead atoms. The third kappa shape index (κ3) is 1.93. The van der Waals surface area contributed by atoms with E-state index in [0.29, 0.717) is 5.92 Å². The predicted octanol–water partition coefficient (Wildman–Crippen LogP) is -0.436. The second-order valence-corrected chi connectivity index (χ2v) is 2.69. The molecule has 0 aromatic heterocycles. The van der Waals surface area contributed by atoms with E-state index in [-0.39, 0.29) is 6.61 Å². The van der Waals surface area contributed by atoms with Gasteiger partial charge in [-0.3, -0.25) is 5.84 Å². The maximum atomic E-state index is 8.73. The number of nitrogens with two attached hydrogens (primary N) is 1. The molecule has 0 amide bonds. The summed E-state index contributed by atoms with van der Waals surface area (Å²) < 4.78 is 0. The minimum atomic E-state index is 0.285. The Morgan fingerprint density at radius 2 is 2.44 bits per heavy atom. The molecule has 1 atom stereocenters. The van der Waals surface area contributed by atoms with Gasteiger partial charge >= 0.3 is 0 Å². The first-order valence-corrected chi connectivity index (χ1v) is 3.43. The number of nitrogens with zero attached hydrogens (tertiary/aromatic N) is 1. The van der Waals surface area contributed by atoms with Gasteiger partial charge in [0.25, 0.3) is 0 Å². The molecule has 9 heavy (non-hydrogen) atoms. The van der Waals surface area contributed by atoms with Gasteiger partial charge in [0.05, 0.1) is 0 Å². The van der Waals surface area contributed by atoms with E-state index in [4.69, 9.17) is 10.9 Å². The van der Waals surface area contributed by atoms with Crippen LogP contribution in [-0.2, 0) is 0 Å². The van der Waals surface area contributed by atoms with Crippen molar-refractivity contribution in [3.05, 3.63) is 0 Å². The lowest BCUT2D eigenvalue weighted by Crippen LogP contribution is -2.41. The summed E-state index contributed by atoms with van der Waals surface area (Å²) in [6.45, 7) is 2.13. The number of aliphatic hydroxyl groups excluding tert-OH is 1. The molecule has 1 heterocycles. The van der Waals surface area contributed by atoms with Crippen molar-refractivity contribution >= 4 is 0 Å². The molecular formula is C6H14N2O. The van der Waals surface area contributed by atoms with Crippen molar-refractivity contribution in [2.45, 2.75) is 12.8 Å². The van der Waals surface area contributed by atoms with Crippen LogP contribution in [0.5, 0.6) is 0 Å². The number of rotatable bonds is 1. The maximum absolute atomic E-state index is 8.73. The average Bonchev–Trinajstić information content (AvgIpc) is 1.88. The molecule has 0 saturated carbocycles. The van der Waals surface area contributed by atoms with Crippen molar-refractivity contribution in [3.8, 4) is 0 Å². The molecule has 1 aliphatic heterocycles. The van der Waals surface area contributed by atoms with E-state index in [1.165, 1.54) is 0 Å². The summed E-state index contributed by atoms with van der Waals surface area (Å²) in [5, 5.41) is 10.5. The zero-order valence-electron chi connectivity index (χ0n) is 5.58. The molecule has 0 radical (unpaired) electrons. The van der Waals surface area contributed by atoms with Gasteiger partial charge in [0.2, 0.25) is 0 Å². The second kappa shape index (κ2) is 3.15. The van der Waals surface area contributed by atoms with Gasteiger partial charge in [-0.1, -0.05) is 0 Å². The fraction of sp³-hybridized carbons (Fsp3) is 1.00. The summed E-state index contributed by atoms with van der Waals surface area (Å²) in [7, 11) is 0. The highest BCUT2D eigenvalue weighted by Gasteiger charge is 2.15. The quantitative estimate of drug-likeness (QED) is 0.473. The number of hydrogen-bond donors (Lipinski definition) is 2. The van der Waals surface area contributed by atoms with Crippen LogP contribution in [0.15, 0.2) is 0 Å². The van der Waals surface area contributed by atoms with E-state index >= 15 is 0 Å². The number of aliphatic hydroxyl groups is 1. The lowest BCUT2D eigenvalue weighted by Gasteiger charge is -2.27. The zero-order chi connectivity index (χ0) is 6.69. The molecule has 3 N–H and O–H groups in total. The Balaban J connectivity index is 2.23. The van der Waals surface area contributed by atoms with Crippen molar-refractivity contribution in [2.24, 2.45) is 11.8 Å². The first kappa shape index (κ1) is 6.99. The van der Waals surface area contributed by atoms with Crippen LogP contribution in [0.2, 0.25) is 0 Å². The average molecular weight is 130 g/mol. The van der Waals surface area contributed by atoms with Gasteiger partial charge in [-0.2, -0.15) is 0 Å². The molecule has 1 aliphatic rings. The third-order valence-electron chi connectivity index (χ3n) is 1.81. The Kier molecular flexibility index (Phi) is 2.45. The zero-order valence-corrected chi connectivity index (χ0v) is 5.58. The van der Waals surface area contributed by atoms with Crippen LogP contribution >= 0.6 is 0 Å². The summed E-state index contributed by atoms with van der Waals surface area (Å²) >= 11 is 0. The normalized spacial score (nSPS) is 30.7. The van der Waals surface area contributed by atoms with Gasteiger partial charge in [0, 0.05) is 19.7 Å². The van der Waals surface area contributed by atoms with Gasteiger partial charge in [-0.25, -0.2) is 5.01 Å². The molecule has 3 heteroatoms. The van der Waals surface area contributed by atoms with Crippen LogP contribution in [0.3, 0.4) is 0 Å². The summed E-state index contributed by atoms with van der Waals surface area (Å²) in [5.41, 5.74) is 0. The van der Waals surface area contributed by atoms with Crippen LogP contribution in [0.25, 0.3) is 0 Å². The summed E-state index contributed by atoms with van der Waals surface area (Å²) in [6, 6.07) is 0. The molecule has 3 nitrogen and oxygen atoms in total. The van der Waals surface area contributed by atoms with Gasteiger partial charge in [0.1, 0.15) is 0 Å². The Labute approximate surface area is 55.4 Å². The van der Waals surface area contributed by atoms with Crippen LogP contribution in [-0.4, -0.2) is 29.8 Å². The third-order valence-corrected chi connectivity index (χ3v) is 1.81. The van der Waals surface area contributed by atoms with E-state index in [2.05, 4.69) is 0 Å². The topological polar surface area (TPSA) is 49.5 Å². The Morgan fingerprint density at radius 3 is 2.89 bits per heavy atom. The summed E-state index contributed by atoms with van der Waals surface area (Å²) in [6.07, 6.45) is 2.26. The van der Waals surface area contributed by atoms with Crippen LogP contribution in [0, 0.1) is 5.92 Å². The first-order valence-electron chi connectivity index (χ1n) is 3.43. The molecule has 1 saturated heterocycles. The highest BCUT2D eigenvalue weighted by Crippen LogP contribution is 2.12. The van der Waals surface area contributed by atoms with Crippen LogP contribution in [0.1, 0.15) is 12.8 Å². The highest BCUT2D eigenvalue weighted by molar-refractivity contribution is 4.67. The Hall–Kier alpha value is -0.120. The van der Waals surface area contributed by atoms with E-state index in [9.17, 15) is 0 Å². The summed E-state index contributed by atoms with van der Waals surface area (Å²) in [4.78, 5) is 0. The van der Waals surface area contributed by atoms with Gasteiger partial charge < -0.3 is 5.11 Å². The van der Waals surface area contributed by atoms with E-state index in [0.717, 1.165) is 25.9 Å². The van der Waals surface area contributed by atoms with Crippen molar-refractivity contribution < 1.29 is 5.11 Å². The van der Waals surface area contributed by atoms with Crippen molar-refractivity contribution in [1.82, 2.24) is 5.01 Å². The number of hydrogen-bond acceptors (Lipinski definition) is 3. The predicted molar refractivity (Wildman–Crippen MR) is 35.6 cm³/mol. The smallest absolute Gasteiger partial charge is 0.0472 e. The second-order valence-electron chi connectivity index (χ2n) is 2.69. The van der Waals surface area contributed by atoms with Gasteiger partial charge in [-0.15, -0.1) is 0 Å². The van der Waals surface area contributed by atoms with Crippen LogP contribution in [0.4, 0.5) is 0 Å². The van der Waals surface area contributed by atoms with Gasteiger partial charge in [0.15, 0.2) is 0 Å². The molecule has 0 aliphatic carbocycles. The van der Waals surface area contributed by atoms with E-state index in [1.54, 1.807) is 5.01 Å². The fourth-order valence-corrected chi connectivity index (χ4v) is 1.25. The molecule has 0 unspecified atom stereocenters. The highest BCUT2D eigenvalue weighted by atomic mass is 16.3. The largest absolute Gasteiger partial charge is 0.396 e. The summed E-state index contributed by atoms with van der Waals surface area (Å²) in [5.74, 6) is 5.94. The lowest BCUT2D eigenvalue weighted by molar-refractivity contribution is 0.121. The molecule has 0 aromatic rings. The molecule has 54 valence electrons. The molecule has 0 aromatic carbocycles. The SMILES string of the molecule is NN1CCC[C@H](CO)C1. The molecular weight excluding hydrogens is 116 g/mol. The number of hydrazine groups is 1. The lowest BCUT2D eigenvalue weighted by atomic mass is 10.0. The maximum Gasteiger partial charge on any atom is 0.0472 e. The Morgan fingerprint density at radius 1 is 1.67 bits per heavy atom. The molecule has 1 fully saturated rings. The first-order chi connectivity index (χ1) is 4.33. The molecule has 1 rings (SSSR count). The van der Waals surface area contributed by atoms with Gasteiger partial charge in [-0.05, 0) is 18.8 Å². The van der Waals surface area contributed by atoms with Crippen molar-refractivity contribution in [1.29, 1.82) is 0 Å². The number of piperidine rings is 1. The standard InChI is InChI=1S/C6H14N2O/c7-8-3-1-2-6(4-8)5-9/h6,9H,1-5,7H2/t6-/m0/s1. The monoisotopic (exact) mass is 130 g/mol. The molecule has 0 spiro atoms. The van der Waals surface area contributed by atoms with E-state index < -0.39 is 0 Å². The van der Waals surface area contributed by atoms with E-state index in [1.807, 2.05) is 0 Å². The minimum absolute atomic E-state index is 0.285.